The third-order valence-electron chi connectivity index (χ3n) is 6.99. The van der Waals surface area contributed by atoms with E-state index in [9.17, 15) is 9.59 Å². The Morgan fingerprint density at radius 2 is 0.514 bits per heavy atom. The van der Waals surface area contributed by atoms with E-state index in [2.05, 4.69) is 13.8 Å². The van der Waals surface area contributed by atoms with Crippen LogP contribution in [0.15, 0.2) is 0 Å². The molecule has 5 heteroatoms. The van der Waals surface area contributed by atoms with Gasteiger partial charge in [-0.05, 0) is 12.8 Å². The minimum atomic E-state index is -0.655. The molecule has 0 aliphatic rings. The van der Waals surface area contributed by atoms with E-state index >= 15 is 0 Å². The Kier molecular flexibility index (Phi) is 41.6. The monoisotopic (exact) mass is 568 g/mol. The van der Waals surface area contributed by atoms with Gasteiger partial charge in [-0.25, -0.2) is 0 Å². The zero-order chi connectivity index (χ0) is 27.0. The van der Waals surface area contributed by atoms with Crippen molar-refractivity contribution in [3.63, 3.8) is 0 Å². The van der Waals surface area contributed by atoms with Crippen LogP contribution >= 0.6 is 0 Å². The predicted octanol–water partition coefficient (Wildman–Crippen LogP) is 11.1. The summed E-state index contributed by atoms with van der Waals surface area (Å²) in [5, 5.41) is 17.0. The van der Waals surface area contributed by atoms with Crippen molar-refractivity contribution in [2.75, 3.05) is 0 Å². The molecule has 0 aromatic heterocycles. The zero-order valence-electron chi connectivity index (χ0n) is 24.9. The number of carbonyl (C=O) groups is 2. The Bertz CT molecular complexity index is 403. The molecule has 0 heterocycles. The van der Waals surface area contributed by atoms with Crippen molar-refractivity contribution in [2.45, 2.75) is 194 Å². The van der Waals surface area contributed by atoms with Gasteiger partial charge in [0.25, 0.3) is 0 Å². The van der Waals surface area contributed by atoms with Crippen LogP contribution in [0.1, 0.15) is 194 Å². The van der Waals surface area contributed by atoms with Crippen LogP contribution in [0, 0.1) is 0 Å². The molecule has 0 radical (unpaired) electrons. The van der Waals surface area contributed by atoms with Crippen LogP contribution in [0.25, 0.3) is 0 Å². The Balaban J connectivity index is -0.000000608. The van der Waals surface area contributed by atoms with E-state index in [0.29, 0.717) is 12.8 Å². The number of aliphatic carboxylic acids is 2. The van der Waals surface area contributed by atoms with E-state index in [4.69, 9.17) is 10.2 Å². The minimum Gasteiger partial charge on any atom is -0.481 e. The fraction of sp³-hybridized carbons (Fsp3) is 0.938. The van der Waals surface area contributed by atoms with Gasteiger partial charge in [-0.1, -0.05) is 168 Å². The maximum absolute atomic E-state index is 10.3. The quantitative estimate of drug-likeness (QED) is 0.0727. The SMILES string of the molecule is CCCCCCCCCCCCCCCC(=O)O.CCCCCCCCCCCCCCCC(=O)O.[Fe]. The number of carboxylic acid groups (broad SMARTS) is 2. The summed E-state index contributed by atoms with van der Waals surface area (Å²) in [5.74, 6) is -1.31. The van der Waals surface area contributed by atoms with Gasteiger partial charge in [-0.15, -0.1) is 0 Å². The molecule has 0 atom stereocenters. The van der Waals surface area contributed by atoms with Crippen LogP contribution in [-0.4, -0.2) is 22.2 Å². The van der Waals surface area contributed by atoms with Crippen LogP contribution in [-0.2, 0) is 26.7 Å². The maximum atomic E-state index is 10.3. The largest absolute Gasteiger partial charge is 0.481 e. The first-order chi connectivity index (χ1) is 17.5. The van der Waals surface area contributed by atoms with Gasteiger partial charge in [0.1, 0.15) is 0 Å². The van der Waals surface area contributed by atoms with Gasteiger partial charge in [-0.2, -0.15) is 0 Å². The number of hydrogen-bond acceptors (Lipinski definition) is 2. The molecular formula is C32H64FeO4. The standard InChI is InChI=1S/2C16H32O2.Fe/c2*1-2-3-4-5-6-7-8-9-10-11-12-13-14-15-16(17)18;/h2*2-15H2,1H3,(H,17,18);. The minimum absolute atomic E-state index is 0. The average molecular weight is 569 g/mol. The second-order valence-electron chi connectivity index (χ2n) is 10.8. The van der Waals surface area contributed by atoms with Crippen LogP contribution < -0.4 is 0 Å². The molecule has 0 aromatic rings. The Morgan fingerprint density at radius 3 is 0.676 bits per heavy atom. The normalized spacial score (nSPS) is 10.4. The number of carboxylic acids is 2. The summed E-state index contributed by atoms with van der Waals surface area (Å²) < 4.78 is 0. The summed E-state index contributed by atoms with van der Waals surface area (Å²) in [7, 11) is 0. The van der Waals surface area contributed by atoms with E-state index < -0.39 is 11.9 Å². The summed E-state index contributed by atoms with van der Waals surface area (Å²) in [6.45, 7) is 4.52. The average Bonchev–Trinajstić information content (AvgIpc) is 2.85. The number of unbranched alkanes of at least 4 members (excludes halogenated alkanes) is 24. The molecule has 0 aromatic carbocycles. The summed E-state index contributed by atoms with van der Waals surface area (Å²) in [5.41, 5.74) is 0. The van der Waals surface area contributed by atoms with E-state index in [0.717, 1.165) is 25.7 Å². The van der Waals surface area contributed by atoms with Crippen LogP contribution in [0.4, 0.5) is 0 Å². The molecule has 0 rings (SSSR count). The van der Waals surface area contributed by atoms with Gasteiger partial charge in [0.05, 0.1) is 0 Å². The Hall–Kier alpha value is -0.541. The molecule has 0 spiro atoms. The van der Waals surface area contributed by atoms with Gasteiger partial charge in [0, 0.05) is 29.9 Å². The van der Waals surface area contributed by atoms with Gasteiger partial charge in [0.2, 0.25) is 0 Å². The second-order valence-corrected chi connectivity index (χ2v) is 10.8. The molecule has 0 saturated heterocycles. The molecule has 0 fully saturated rings. The number of rotatable bonds is 28. The molecule has 0 saturated carbocycles. The van der Waals surface area contributed by atoms with Crippen molar-refractivity contribution in [3.8, 4) is 0 Å². The summed E-state index contributed by atoms with van der Waals surface area (Å²) in [6, 6.07) is 0. The van der Waals surface area contributed by atoms with Crippen LogP contribution in [0.5, 0.6) is 0 Å². The molecule has 4 nitrogen and oxygen atoms in total. The first-order valence-corrected chi connectivity index (χ1v) is 16.0. The van der Waals surface area contributed by atoms with Gasteiger partial charge >= 0.3 is 11.9 Å². The zero-order valence-corrected chi connectivity index (χ0v) is 26.0. The summed E-state index contributed by atoms with van der Waals surface area (Å²) in [6.07, 6.45) is 34.5. The second kappa shape index (κ2) is 37.6. The van der Waals surface area contributed by atoms with Crippen LogP contribution in [0.3, 0.4) is 0 Å². The van der Waals surface area contributed by atoms with E-state index in [1.165, 1.54) is 141 Å². The molecule has 0 aliphatic heterocycles. The molecule has 37 heavy (non-hydrogen) atoms. The van der Waals surface area contributed by atoms with Crippen molar-refractivity contribution >= 4 is 11.9 Å². The molecule has 0 aliphatic carbocycles. The van der Waals surface area contributed by atoms with E-state index in [1.807, 2.05) is 0 Å². The third kappa shape index (κ3) is 45.7. The van der Waals surface area contributed by atoms with Crippen molar-refractivity contribution in [1.29, 1.82) is 0 Å². The molecular weight excluding hydrogens is 504 g/mol. The fourth-order valence-corrected chi connectivity index (χ4v) is 4.59. The van der Waals surface area contributed by atoms with Gasteiger partial charge < -0.3 is 10.2 Å². The fourth-order valence-electron chi connectivity index (χ4n) is 4.59. The Labute approximate surface area is 242 Å². The molecule has 0 unspecified atom stereocenters. The molecule has 0 amide bonds. The van der Waals surface area contributed by atoms with Gasteiger partial charge in [-0.3, -0.25) is 9.59 Å². The predicted molar refractivity (Wildman–Crippen MR) is 156 cm³/mol. The smallest absolute Gasteiger partial charge is 0.303 e. The van der Waals surface area contributed by atoms with Crippen molar-refractivity contribution in [2.24, 2.45) is 0 Å². The van der Waals surface area contributed by atoms with E-state index in [1.54, 1.807) is 0 Å². The van der Waals surface area contributed by atoms with E-state index in [-0.39, 0.29) is 17.1 Å². The molecule has 2 N–H and O–H groups in total. The summed E-state index contributed by atoms with van der Waals surface area (Å²) in [4.78, 5) is 20.6. The molecule has 0 bridgehead atoms. The first kappa shape index (κ1) is 40.9. The maximum Gasteiger partial charge on any atom is 0.303 e. The van der Waals surface area contributed by atoms with Crippen LogP contribution in [0.2, 0.25) is 0 Å². The third-order valence-corrected chi connectivity index (χ3v) is 6.99. The first-order valence-electron chi connectivity index (χ1n) is 16.0. The topological polar surface area (TPSA) is 74.6 Å². The Morgan fingerprint density at radius 1 is 0.351 bits per heavy atom. The van der Waals surface area contributed by atoms with Gasteiger partial charge in [0.15, 0.2) is 0 Å². The molecule has 224 valence electrons. The van der Waals surface area contributed by atoms with Crippen molar-refractivity contribution in [3.05, 3.63) is 0 Å². The number of hydrogen-bond donors (Lipinski definition) is 2. The van der Waals surface area contributed by atoms with Crippen molar-refractivity contribution in [1.82, 2.24) is 0 Å². The summed E-state index contributed by atoms with van der Waals surface area (Å²) >= 11 is 0. The van der Waals surface area contributed by atoms with Crippen molar-refractivity contribution < 1.29 is 36.9 Å².